The Hall–Kier alpha value is -1.67. The molecule has 4 rings (SSSR count). The van der Waals surface area contributed by atoms with Gasteiger partial charge in [-0.25, -0.2) is 4.98 Å². The van der Waals surface area contributed by atoms with Crippen LogP contribution in [-0.4, -0.2) is 40.4 Å². The van der Waals surface area contributed by atoms with Crippen LogP contribution in [0.2, 0.25) is 0 Å². The number of aromatic nitrogens is 2. The van der Waals surface area contributed by atoms with E-state index in [-0.39, 0.29) is 0 Å². The molecule has 2 aliphatic rings. The summed E-state index contributed by atoms with van der Waals surface area (Å²) in [6.07, 6.45) is -1.90. The molecule has 0 bridgehead atoms. The van der Waals surface area contributed by atoms with E-state index in [1.807, 2.05) is 0 Å². The van der Waals surface area contributed by atoms with Crippen LogP contribution in [0.1, 0.15) is 35.7 Å². The van der Waals surface area contributed by atoms with E-state index in [1.165, 1.54) is 36.5 Å². The minimum atomic E-state index is -4.29. The van der Waals surface area contributed by atoms with Crippen molar-refractivity contribution in [2.24, 2.45) is 0 Å². The second kappa shape index (κ2) is 6.57. The molecule has 0 N–H and O–H groups in total. The van der Waals surface area contributed by atoms with Crippen LogP contribution in [0.15, 0.2) is 24.3 Å². The van der Waals surface area contributed by atoms with Gasteiger partial charge in [0.15, 0.2) is 0 Å². The van der Waals surface area contributed by atoms with Crippen LogP contribution in [0.3, 0.4) is 0 Å². The fourth-order valence-corrected chi connectivity index (χ4v) is 3.86. The van der Waals surface area contributed by atoms with Crippen molar-refractivity contribution in [3.05, 3.63) is 41.2 Å². The molecule has 8 heteroatoms. The molecule has 1 aromatic carbocycles. The molecule has 1 aliphatic carbocycles. The van der Waals surface area contributed by atoms with Crippen molar-refractivity contribution in [2.75, 3.05) is 31.1 Å². The third-order valence-electron chi connectivity index (χ3n) is 4.68. The molecule has 1 saturated carbocycles. The Morgan fingerprint density at radius 2 is 1.88 bits per heavy atom. The molecule has 2 heterocycles. The summed E-state index contributed by atoms with van der Waals surface area (Å²) in [6.45, 7) is 3.83. The highest BCUT2D eigenvalue weighted by Gasteiger charge is 2.31. The zero-order valence-electron chi connectivity index (χ0n) is 13.7. The number of hydrogen-bond acceptors (Lipinski definition) is 5. The number of benzene rings is 1. The Kier molecular flexibility index (Phi) is 4.41. The Labute approximate surface area is 148 Å². The van der Waals surface area contributed by atoms with Crippen molar-refractivity contribution in [3.8, 4) is 0 Å². The van der Waals surface area contributed by atoms with Crippen molar-refractivity contribution < 1.29 is 13.2 Å². The summed E-state index contributed by atoms with van der Waals surface area (Å²) in [5.41, 5.74) is 0.125. The molecule has 1 saturated heterocycles. The monoisotopic (exact) mass is 368 g/mol. The Balaban J connectivity index is 1.34. The van der Waals surface area contributed by atoms with Crippen LogP contribution in [0, 0.1) is 0 Å². The first kappa shape index (κ1) is 16.8. The summed E-state index contributed by atoms with van der Waals surface area (Å²) in [5.74, 6) is 1.54. The summed E-state index contributed by atoms with van der Waals surface area (Å²) in [6, 6.07) is 5.61. The lowest BCUT2D eigenvalue weighted by Crippen LogP contribution is -2.46. The lowest BCUT2D eigenvalue weighted by atomic mass is 10.1. The topological polar surface area (TPSA) is 32.3 Å². The molecular weight excluding hydrogens is 349 g/mol. The predicted octanol–water partition coefficient (Wildman–Crippen LogP) is 3.76. The van der Waals surface area contributed by atoms with E-state index in [4.69, 9.17) is 0 Å². The number of piperazine rings is 1. The highest BCUT2D eigenvalue weighted by atomic mass is 32.1. The first-order valence-electron chi connectivity index (χ1n) is 8.46. The summed E-state index contributed by atoms with van der Waals surface area (Å²) in [4.78, 5) is 9.05. The van der Waals surface area contributed by atoms with Crippen LogP contribution in [0.4, 0.5) is 18.3 Å². The Bertz CT molecular complexity index is 733. The Morgan fingerprint density at radius 1 is 1.12 bits per heavy atom. The molecular formula is C17H19F3N4S. The molecule has 134 valence electrons. The molecule has 25 heavy (non-hydrogen) atoms. The number of alkyl halides is 3. The Morgan fingerprint density at radius 3 is 2.56 bits per heavy atom. The van der Waals surface area contributed by atoms with Crippen LogP contribution in [0.5, 0.6) is 0 Å². The molecule has 1 aromatic heterocycles. The highest BCUT2D eigenvalue weighted by Crippen LogP contribution is 2.39. The van der Waals surface area contributed by atoms with Gasteiger partial charge >= 0.3 is 6.18 Å². The molecule has 1 aliphatic heterocycles. The second-order valence-corrected chi connectivity index (χ2v) is 7.40. The van der Waals surface area contributed by atoms with Crippen molar-refractivity contribution >= 4 is 16.7 Å². The molecule has 2 aromatic rings. The van der Waals surface area contributed by atoms with Crippen molar-refractivity contribution in [2.45, 2.75) is 31.5 Å². The van der Waals surface area contributed by atoms with Crippen molar-refractivity contribution in [1.29, 1.82) is 0 Å². The number of anilines is 1. The number of hydrogen-bond donors (Lipinski definition) is 0. The maximum absolute atomic E-state index is 12.8. The SMILES string of the molecule is FC(F)(F)c1cccc(CN2CCN(c3nc(C4CC4)ns3)CC2)c1. The zero-order chi connectivity index (χ0) is 17.4. The minimum Gasteiger partial charge on any atom is -0.344 e. The average molecular weight is 368 g/mol. The van der Waals surface area contributed by atoms with Gasteiger partial charge in [-0.1, -0.05) is 18.2 Å². The van der Waals surface area contributed by atoms with Gasteiger partial charge in [-0.2, -0.15) is 17.5 Å². The number of halogens is 3. The van der Waals surface area contributed by atoms with E-state index in [0.29, 0.717) is 18.0 Å². The van der Waals surface area contributed by atoms with Gasteiger partial charge in [-0.15, -0.1) is 0 Å². The predicted molar refractivity (Wildman–Crippen MR) is 90.8 cm³/mol. The quantitative estimate of drug-likeness (QED) is 0.823. The largest absolute Gasteiger partial charge is 0.416 e. The summed E-state index contributed by atoms with van der Waals surface area (Å²) in [7, 11) is 0. The first-order chi connectivity index (χ1) is 12.0. The molecule has 0 atom stereocenters. The van der Waals surface area contributed by atoms with Gasteiger partial charge in [0.05, 0.1) is 5.56 Å². The van der Waals surface area contributed by atoms with E-state index in [0.717, 1.165) is 43.2 Å². The van der Waals surface area contributed by atoms with E-state index in [1.54, 1.807) is 6.07 Å². The maximum Gasteiger partial charge on any atom is 0.416 e. The molecule has 2 fully saturated rings. The third kappa shape index (κ3) is 3.95. The van der Waals surface area contributed by atoms with Gasteiger partial charge in [0.1, 0.15) is 5.82 Å². The molecule has 0 radical (unpaired) electrons. The van der Waals surface area contributed by atoms with E-state index >= 15 is 0 Å². The fraction of sp³-hybridized carbons (Fsp3) is 0.529. The first-order valence-corrected chi connectivity index (χ1v) is 9.23. The fourth-order valence-electron chi connectivity index (χ4n) is 3.06. The smallest absolute Gasteiger partial charge is 0.344 e. The van der Waals surface area contributed by atoms with E-state index in [9.17, 15) is 13.2 Å². The van der Waals surface area contributed by atoms with Gasteiger partial charge < -0.3 is 4.90 Å². The van der Waals surface area contributed by atoms with Gasteiger partial charge in [-0.05, 0) is 24.5 Å². The average Bonchev–Trinajstić information content (AvgIpc) is 3.32. The van der Waals surface area contributed by atoms with Gasteiger partial charge in [-0.3, -0.25) is 4.90 Å². The third-order valence-corrected chi connectivity index (χ3v) is 5.47. The van der Waals surface area contributed by atoms with Crippen LogP contribution in [0.25, 0.3) is 0 Å². The summed E-state index contributed by atoms with van der Waals surface area (Å²) < 4.78 is 42.9. The molecule has 0 amide bonds. The van der Waals surface area contributed by atoms with E-state index < -0.39 is 11.7 Å². The molecule has 0 unspecified atom stereocenters. The lowest BCUT2D eigenvalue weighted by Gasteiger charge is -2.34. The standard InChI is InChI=1S/C17H19F3N4S/c18-17(19,20)14-3-1-2-12(10-14)11-23-6-8-24(9-7-23)16-21-15(22-25-16)13-4-5-13/h1-3,10,13H,4-9,11H2. The molecule has 0 spiro atoms. The maximum atomic E-state index is 12.8. The van der Waals surface area contributed by atoms with Gasteiger partial charge in [0, 0.05) is 50.2 Å². The minimum absolute atomic E-state index is 0.543. The van der Waals surface area contributed by atoms with Crippen molar-refractivity contribution in [1.82, 2.24) is 14.3 Å². The van der Waals surface area contributed by atoms with Gasteiger partial charge in [0.25, 0.3) is 0 Å². The van der Waals surface area contributed by atoms with Gasteiger partial charge in [0.2, 0.25) is 5.13 Å². The number of nitrogens with zero attached hydrogens (tertiary/aromatic N) is 4. The normalized spacial score (nSPS) is 19.4. The number of rotatable bonds is 4. The van der Waals surface area contributed by atoms with Crippen LogP contribution >= 0.6 is 11.5 Å². The summed E-state index contributed by atoms with van der Waals surface area (Å²) >= 11 is 1.46. The van der Waals surface area contributed by atoms with Crippen molar-refractivity contribution in [3.63, 3.8) is 0 Å². The lowest BCUT2D eigenvalue weighted by molar-refractivity contribution is -0.137. The second-order valence-electron chi connectivity index (χ2n) is 6.67. The molecule has 4 nitrogen and oxygen atoms in total. The van der Waals surface area contributed by atoms with Crippen LogP contribution < -0.4 is 4.90 Å². The highest BCUT2D eigenvalue weighted by molar-refractivity contribution is 7.09. The van der Waals surface area contributed by atoms with Crippen LogP contribution in [-0.2, 0) is 12.7 Å². The summed E-state index contributed by atoms with van der Waals surface area (Å²) in [5, 5.41) is 0.973. The van der Waals surface area contributed by atoms with E-state index in [2.05, 4.69) is 19.2 Å². The zero-order valence-corrected chi connectivity index (χ0v) is 14.5.